The van der Waals surface area contributed by atoms with Crippen LogP contribution in [0.2, 0.25) is 0 Å². The summed E-state index contributed by atoms with van der Waals surface area (Å²) in [4.78, 5) is 0. The van der Waals surface area contributed by atoms with Crippen LogP contribution in [0.25, 0.3) is 0 Å². The topological polar surface area (TPSA) is 35.8 Å². The van der Waals surface area contributed by atoms with Gasteiger partial charge in [0.2, 0.25) is 0 Å². The normalized spacial score (nSPS) is 24.2. The Morgan fingerprint density at radius 1 is 1.53 bits per heavy atom. The second kappa shape index (κ2) is 6.09. The summed E-state index contributed by atoms with van der Waals surface area (Å²) < 4.78 is 0. The third-order valence-electron chi connectivity index (χ3n) is 3.23. The van der Waals surface area contributed by atoms with Crippen molar-refractivity contribution in [1.29, 1.82) is 5.26 Å². The van der Waals surface area contributed by atoms with Gasteiger partial charge in [0, 0.05) is 17.8 Å². The Kier molecular flexibility index (Phi) is 4.47. The lowest BCUT2D eigenvalue weighted by molar-refractivity contribution is 0.462. The molecule has 1 aromatic rings. The molecule has 0 aromatic heterocycles. The minimum Gasteiger partial charge on any atom is -0.309 e. The SMILES string of the molecule is CC1SCCCC1NCc1cccc(C#N)c1. The zero-order valence-corrected chi connectivity index (χ0v) is 11.0. The Labute approximate surface area is 107 Å². The molecule has 1 fully saturated rings. The van der Waals surface area contributed by atoms with Gasteiger partial charge in [-0.15, -0.1) is 0 Å². The number of nitrogens with zero attached hydrogens (tertiary/aromatic N) is 1. The summed E-state index contributed by atoms with van der Waals surface area (Å²) in [6, 6.07) is 10.6. The van der Waals surface area contributed by atoms with E-state index < -0.39 is 0 Å². The third-order valence-corrected chi connectivity index (χ3v) is 4.61. The van der Waals surface area contributed by atoms with E-state index in [0.717, 1.165) is 12.1 Å². The third kappa shape index (κ3) is 3.49. The van der Waals surface area contributed by atoms with Crippen molar-refractivity contribution in [2.45, 2.75) is 37.6 Å². The van der Waals surface area contributed by atoms with E-state index in [1.54, 1.807) is 0 Å². The van der Waals surface area contributed by atoms with Crippen molar-refractivity contribution in [3.63, 3.8) is 0 Å². The van der Waals surface area contributed by atoms with Crippen LogP contribution in [0.4, 0.5) is 0 Å². The lowest BCUT2D eigenvalue weighted by atomic mass is 10.1. The van der Waals surface area contributed by atoms with E-state index in [9.17, 15) is 0 Å². The highest BCUT2D eigenvalue weighted by Crippen LogP contribution is 2.25. The second-order valence-corrected chi connectivity index (χ2v) is 6.00. The fourth-order valence-corrected chi connectivity index (χ4v) is 3.36. The predicted octanol–water partition coefficient (Wildman–Crippen LogP) is 2.93. The summed E-state index contributed by atoms with van der Waals surface area (Å²) >= 11 is 2.05. The summed E-state index contributed by atoms with van der Waals surface area (Å²) in [7, 11) is 0. The molecule has 2 rings (SSSR count). The molecule has 0 aliphatic carbocycles. The van der Waals surface area contributed by atoms with Crippen molar-refractivity contribution in [2.24, 2.45) is 0 Å². The van der Waals surface area contributed by atoms with Crippen LogP contribution >= 0.6 is 11.8 Å². The smallest absolute Gasteiger partial charge is 0.0991 e. The minimum absolute atomic E-state index is 0.611. The Balaban J connectivity index is 1.90. The fourth-order valence-electron chi connectivity index (χ4n) is 2.19. The van der Waals surface area contributed by atoms with E-state index in [2.05, 4.69) is 36.1 Å². The average Bonchev–Trinajstić information content (AvgIpc) is 2.38. The molecule has 1 aliphatic rings. The maximum Gasteiger partial charge on any atom is 0.0991 e. The summed E-state index contributed by atoms with van der Waals surface area (Å²) in [6.07, 6.45) is 2.58. The molecule has 2 atom stereocenters. The summed E-state index contributed by atoms with van der Waals surface area (Å²) in [6.45, 7) is 3.16. The first kappa shape index (κ1) is 12.5. The number of nitrogens with one attached hydrogen (secondary N) is 1. The second-order valence-electron chi connectivity index (χ2n) is 4.52. The molecule has 1 heterocycles. The van der Waals surface area contributed by atoms with Gasteiger partial charge < -0.3 is 5.32 Å². The van der Waals surface area contributed by atoms with Crippen LogP contribution in [0, 0.1) is 11.3 Å². The van der Waals surface area contributed by atoms with Gasteiger partial charge in [-0.25, -0.2) is 0 Å². The van der Waals surface area contributed by atoms with Crippen LogP contribution in [0.3, 0.4) is 0 Å². The van der Waals surface area contributed by atoms with Crippen molar-refractivity contribution in [1.82, 2.24) is 5.32 Å². The van der Waals surface area contributed by atoms with Gasteiger partial charge in [-0.3, -0.25) is 0 Å². The van der Waals surface area contributed by atoms with E-state index in [4.69, 9.17) is 5.26 Å². The molecular formula is C14H18N2S. The number of nitriles is 1. The van der Waals surface area contributed by atoms with Gasteiger partial charge in [-0.05, 0) is 36.3 Å². The van der Waals surface area contributed by atoms with E-state index in [1.165, 1.54) is 24.2 Å². The van der Waals surface area contributed by atoms with Gasteiger partial charge in [-0.2, -0.15) is 17.0 Å². The van der Waals surface area contributed by atoms with Crippen molar-refractivity contribution < 1.29 is 0 Å². The molecule has 90 valence electrons. The highest BCUT2D eigenvalue weighted by molar-refractivity contribution is 7.99. The molecular weight excluding hydrogens is 228 g/mol. The van der Waals surface area contributed by atoms with Crippen molar-refractivity contribution in [3.05, 3.63) is 35.4 Å². The molecule has 0 bridgehead atoms. The van der Waals surface area contributed by atoms with Crippen LogP contribution in [0.1, 0.15) is 30.9 Å². The van der Waals surface area contributed by atoms with Crippen LogP contribution in [0.5, 0.6) is 0 Å². The van der Waals surface area contributed by atoms with Crippen molar-refractivity contribution in [2.75, 3.05) is 5.75 Å². The highest BCUT2D eigenvalue weighted by Gasteiger charge is 2.20. The van der Waals surface area contributed by atoms with E-state index in [0.29, 0.717) is 11.3 Å². The number of benzene rings is 1. The largest absolute Gasteiger partial charge is 0.309 e. The van der Waals surface area contributed by atoms with Gasteiger partial charge in [0.15, 0.2) is 0 Å². The Bertz CT molecular complexity index is 411. The molecule has 3 heteroatoms. The van der Waals surface area contributed by atoms with E-state index in [-0.39, 0.29) is 0 Å². The fraction of sp³-hybridized carbons (Fsp3) is 0.500. The molecule has 2 unspecified atom stereocenters. The van der Waals surface area contributed by atoms with E-state index >= 15 is 0 Å². The Morgan fingerprint density at radius 2 is 2.41 bits per heavy atom. The molecule has 0 saturated carbocycles. The molecule has 2 nitrogen and oxygen atoms in total. The summed E-state index contributed by atoms with van der Waals surface area (Å²) in [5.74, 6) is 1.29. The van der Waals surface area contributed by atoms with Crippen LogP contribution in [0.15, 0.2) is 24.3 Å². The maximum absolute atomic E-state index is 8.85. The first-order chi connectivity index (χ1) is 8.29. The summed E-state index contributed by atoms with van der Waals surface area (Å²) in [5, 5.41) is 13.2. The van der Waals surface area contributed by atoms with Crippen LogP contribution < -0.4 is 5.32 Å². The first-order valence-corrected chi connectivity index (χ1v) is 7.18. The van der Waals surface area contributed by atoms with Crippen molar-refractivity contribution in [3.8, 4) is 6.07 Å². The lowest BCUT2D eigenvalue weighted by Crippen LogP contribution is -2.38. The minimum atomic E-state index is 0.611. The number of hydrogen-bond acceptors (Lipinski definition) is 3. The highest BCUT2D eigenvalue weighted by atomic mass is 32.2. The van der Waals surface area contributed by atoms with Gasteiger partial charge in [-0.1, -0.05) is 19.1 Å². The average molecular weight is 246 g/mol. The zero-order valence-electron chi connectivity index (χ0n) is 10.1. The molecule has 0 spiro atoms. The molecule has 17 heavy (non-hydrogen) atoms. The first-order valence-electron chi connectivity index (χ1n) is 6.13. The number of hydrogen-bond donors (Lipinski definition) is 1. The number of thioether (sulfide) groups is 1. The van der Waals surface area contributed by atoms with Gasteiger partial charge in [0.25, 0.3) is 0 Å². The molecule has 1 aromatic carbocycles. The quantitative estimate of drug-likeness (QED) is 0.890. The van der Waals surface area contributed by atoms with Crippen LogP contribution in [-0.2, 0) is 6.54 Å². The predicted molar refractivity (Wildman–Crippen MR) is 72.9 cm³/mol. The Morgan fingerprint density at radius 3 is 3.18 bits per heavy atom. The van der Waals surface area contributed by atoms with Gasteiger partial charge >= 0.3 is 0 Å². The number of rotatable bonds is 3. The van der Waals surface area contributed by atoms with Crippen molar-refractivity contribution >= 4 is 11.8 Å². The van der Waals surface area contributed by atoms with Gasteiger partial charge in [0.05, 0.1) is 11.6 Å². The maximum atomic E-state index is 8.85. The zero-order chi connectivity index (χ0) is 12.1. The summed E-state index contributed by atoms with van der Waals surface area (Å²) in [5.41, 5.74) is 1.95. The standard InChI is InChI=1S/C14H18N2S/c1-11-14(6-3-7-17-11)16-10-13-5-2-4-12(8-13)9-15/h2,4-5,8,11,14,16H,3,6-7,10H2,1H3. The Hall–Kier alpha value is -0.980. The molecule has 1 N–H and O–H groups in total. The molecule has 0 radical (unpaired) electrons. The molecule has 1 aliphatic heterocycles. The lowest BCUT2D eigenvalue weighted by Gasteiger charge is -2.29. The van der Waals surface area contributed by atoms with E-state index in [1.807, 2.05) is 18.2 Å². The van der Waals surface area contributed by atoms with Crippen LogP contribution in [-0.4, -0.2) is 17.0 Å². The molecule has 1 saturated heterocycles. The monoisotopic (exact) mass is 246 g/mol. The van der Waals surface area contributed by atoms with Gasteiger partial charge in [0.1, 0.15) is 0 Å². The molecule has 0 amide bonds.